The van der Waals surface area contributed by atoms with Gasteiger partial charge in [0.1, 0.15) is 90.1 Å². The lowest BCUT2D eigenvalue weighted by Crippen LogP contribution is -2.62. The lowest BCUT2D eigenvalue weighted by atomic mass is 9.97. The number of nitrogens with two attached hydrogens (primary N) is 2. The molecule has 0 saturated carbocycles. The second-order valence-corrected chi connectivity index (χ2v) is 33.6. The number of unbranched alkanes of at least 4 members (excludes halogenated alkanes) is 1. The number of piperidine rings is 1. The van der Waals surface area contributed by atoms with E-state index < -0.39 is 289 Å². The van der Waals surface area contributed by atoms with E-state index in [1.807, 2.05) is 0 Å². The van der Waals surface area contributed by atoms with Gasteiger partial charge in [-0.25, -0.2) is 17.6 Å². The molecule has 0 unspecified atom stereocenters. The van der Waals surface area contributed by atoms with E-state index in [0.29, 0.717) is 35.9 Å². The number of carboxylic acids is 3. The number of likely N-dealkylation sites (N-methyl/N-ethyl adjacent to an activating group) is 3. The molecular weight excluding hydrogens is 1730 g/mol. The van der Waals surface area contributed by atoms with Crippen LogP contribution in [0.15, 0.2) is 91.0 Å². The number of nitrogens with zero attached hydrogens (tertiary/aromatic N) is 5. The first kappa shape index (κ1) is 104. The maximum Gasteiger partial charge on any atom is 0.305 e. The van der Waals surface area contributed by atoms with E-state index >= 15 is 37.5 Å². The van der Waals surface area contributed by atoms with E-state index in [9.17, 15) is 86.7 Å². The largest absolute Gasteiger partial charge is 0.508 e. The third-order valence-corrected chi connectivity index (χ3v) is 23.6. The second-order valence-electron chi connectivity index (χ2n) is 32.5. The van der Waals surface area contributed by atoms with Crippen LogP contribution in [-0.4, -0.2) is 289 Å². The number of thioether (sulfide) groups is 1. The molecule has 708 valence electrons. The molecule has 130 heavy (non-hydrogen) atoms. The molecule has 0 aromatic heterocycles. The summed E-state index contributed by atoms with van der Waals surface area (Å²) in [7, 11) is 3.49. The van der Waals surface area contributed by atoms with E-state index in [2.05, 4.69) is 47.9 Å². The quantitative estimate of drug-likeness (QED) is 0.0293. The average Bonchev–Trinajstić information content (AvgIpc) is 1.34. The summed E-state index contributed by atoms with van der Waals surface area (Å²) in [6.45, 7) is 3.40. The summed E-state index contributed by atoms with van der Waals surface area (Å²) in [4.78, 5) is 264. The highest BCUT2D eigenvalue weighted by Gasteiger charge is 2.46. The van der Waals surface area contributed by atoms with Gasteiger partial charge in [0.05, 0.1) is 18.7 Å². The van der Waals surface area contributed by atoms with Crippen molar-refractivity contribution in [1.82, 2.24) is 72.4 Å². The lowest BCUT2D eigenvalue weighted by molar-refractivity contribution is -0.152. The van der Waals surface area contributed by atoms with Crippen LogP contribution in [-0.2, 0) is 112 Å². The molecule has 38 nitrogen and oxygen atoms in total. The van der Waals surface area contributed by atoms with Crippen molar-refractivity contribution in [3.05, 3.63) is 137 Å². The number of phenolic OH excluding ortho intramolecular Hbond substituents is 1. The van der Waals surface area contributed by atoms with Crippen molar-refractivity contribution in [2.45, 2.75) is 221 Å². The molecule has 3 aliphatic rings. The molecule has 3 fully saturated rings. The topological polar surface area (TPSA) is 565 Å². The number of aromatic hydroxyl groups is 1. The van der Waals surface area contributed by atoms with Crippen LogP contribution < -0.4 is 59.3 Å². The van der Waals surface area contributed by atoms with Crippen molar-refractivity contribution in [2.75, 3.05) is 58.8 Å². The number of primary amides is 1. The maximum atomic E-state index is 15.6. The summed E-state index contributed by atoms with van der Waals surface area (Å²) in [5.74, 6) is -29.4. The Morgan fingerprint density at radius 3 is 1.59 bits per heavy atom. The second kappa shape index (κ2) is 50.2. The van der Waals surface area contributed by atoms with Crippen LogP contribution in [0.2, 0.25) is 0 Å². The van der Waals surface area contributed by atoms with Crippen molar-refractivity contribution in [2.24, 2.45) is 17.4 Å². The van der Waals surface area contributed by atoms with Crippen LogP contribution in [0, 0.1) is 29.2 Å². The predicted octanol–water partition coefficient (Wildman–Crippen LogP) is 0.0884. The number of nitrogens with one attached hydrogen (secondary N) is 9. The fraction of sp³-hybridized carbons (Fsp3) is 0.517. The standard InChI is InChI=1S/C87H114F4N16O22S/c1-7-8-19-65-86(128)107-36-15-21-64(107)81(123)100-60(43-72(115)116)79(121)102-74(47(2)3)87(129)104(5)66(41-48-16-10-9-11-17-48)82(124)98-58(31-33-71(113)114)84(126)106-35-13-12-20-63(106)80(122)97-57(30-32-70(111)112)77(119)99-59(39-49-24-28-53(108)29-25-49)78(120)96-56(18-14-34-92)76(118)101-62(75(117)94-44-68(93)109)45-130-46-69(110)95-61(40-51-37-54(89)73(91)55(90)38-51)83(125)105(6)67(85(127)103(65)4)42-50-22-26-52(88)27-23-50/h9-11,16-17,22-29,37-38,47,56-67,74,108H,7-8,12-15,18-21,30-36,39-46,92H2,1-6H3,(H2,93,109)(H,94,117)(H,95,110)(H,96,120)(H,97,122)(H,98,124)(H,99,119)(H,100,123)(H,101,118)(H,102,121)(H,111,112)(H,113,114)(H,115,116)/t56-,57+,58-,59+,60-,61-,62-,63+,64+,65-,66-,67-,74+/m0/s1. The number of benzene rings is 4. The fourth-order valence-corrected chi connectivity index (χ4v) is 16.2. The molecule has 7 rings (SSSR count). The van der Waals surface area contributed by atoms with E-state index in [4.69, 9.17) is 11.5 Å². The molecule has 3 saturated heterocycles. The molecule has 4 aromatic rings. The lowest BCUT2D eigenvalue weighted by Gasteiger charge is -2.38. The minimum atomic E-state index is -2.01. The fourth-order valence-electron chi connectivity index (χ4n) is 15.3. The number of hydrogen-bond acceptors (Lipinski definition) is 21. The molecule has 43 heteroatoms. The smallest absolute Gasteiger partial charge is 0.305 e. The molecule has 3 aliphatic heterocycles. The molecule has 0 spiro atoms. The van der Waals surface area contributed by atoms with Crippen LogP contribution >= 0.6 is 11.8 Å². The Morgan fingerprint density at radius 2 is 0.992 bits per heavy atom. The van der Waals surface area contributed by atoms with Gasteiger partial charge in [0.15, 0.2) is 17.5 Å². The van der Waals surface area contributed by atoms with Gasteiger partial charge in [-0.15, -0.1) is 11.8 Å². The zero-order valence-electron chi connectivity index (χ0n) is 72.9. The number of carbonyl (C=O) groups is 18. The van der Waals surface area contributed by atoms with E-state index in [0.717, 1.165) is 43.7 Å². The van der Waals surface area contributed by atoms with Crippen LogP contribution in [0.25, 0.3) is 0 Å². The van der Waals surface area contributed by atoms with Crippen LogP contribution in [0.1, 0.15) is 139 Å². The number of halogens is 4. The summed E-state index contributed by atoms with van der Waals surface area (Å²) in [6, 6.07) is -3.58. The third-order valence-electron chi connectivity index (χ3n) is 22.5. The third kappa shape index (κ3) is 30.7. The minimum absolute atomic E-state index is 0.0325. The van der Waals surface area contributed by atoms with Gasteiger partial charge in [-0.2, -0.15) is 0 Å². The number of fused-ring (bicyclic) bond motifs is 2. The van der Waals surface area contributed by atoms with Gasteiger partial charge in [-0.1, -0.05) is 88.2 Å². The van der Waals surface area contributed by atoms with Crippen molar-refractivity contribution in [3.8, 4) is 5.75 Å². The molecule has 17 N–H and O–H groups in total. The van der Waals surface area contributed by atoms with Gasteiger partial charge in [0.2, 0.25) is 88.6 Å². The molecule has 0 aliphatic carbocycles. The van der Waals surface area contributed by atoms with Gasteiger partial charge in [0.25, 0.3) is 0 Å². The van der Waals surface area contributed by atoms with Crippen LogP contribution in [0.3, 0.4) is 0 Å². The van der Waals surface area contributed by atoms with Crippen molar-refractivity contribution < 1.29 is 124 Å². The molecule has 3 heterocycles. The summed E-state index contributed by atoms with van der Waals surface area (Å²) >= 11 is 0.592. The number of phenols is 1. The zero-order chi connectivity index (χ0) is 95.9. The first-order chi connectivity index (χ1) is 61.6. The average molecular weight is 1840 g/mol. The Kier molecular flexibility index (Phi) is 40.3. The summed E-state index contributed by atoms with van der Waals surface area (Å²) in [6.07, 6.45) is -5.65. The van der Waals surface area contributed by atoms with Gasteiger partial charge >= 0.3 is 17.9 Å². The molecule has 0 bridgehead atoms. The van der Waals surface area contributed by atoms with Crippen LogP contribution in [0.5, 0.6) is 5.75 Å². The highest BCUT2D eigenvalue weighted by molar-refractivity contribution is 8.00. The normalized spacial score (nSPS) is 23.8. The Bertz CT molecular complexity index is 4710. The van der Waals surface area contributed by atoms with Gasteiger partial charge in [-0.05, 0) is 135 Å². The Labute approximate surface area is 751 Å². The molecular formula is C87H114F4N16O22S. The monoisotopic (exact) mass is 1840 g/mol. The number of carboxylic acid groups (broad SMARTS) is 3. The predicted molar refractivity (Wildman–Crippen MR) is 459 cm³/mol. The molecule has 15 amide bonds. The number of aliphatic carboxylic acids is 3. The number of carbonyl (C=O) groups excluding carboxylic acids is 15. The molecule has 13 atom stereocenters. The van der Waals surface area contributed by atoms with E-state index in [-0.39, 0.29) is 101 Å². The van der Waals surface area contributed by atoms with Gasteiger partial charge in [0, 0.05) is 78.5 Å². The van der Waals surface area contributed by atoms with Crippen molar-refractivity contribution in [1.29, 1.82) is 0 Å². The summed E-state index contributed by atoms with van der Waals surface area (Å²) in [5.41, 5.74) is 11.7. The summed E-state index contributed by atoms with van der Waals surface area (Å²) in [5, 5.41) is 62.9. The van der Waals surface area contributed by atoms with Gasteiger partial charge in [-0.3, -0.25) is 86.3 Å². The zero-order valence-corrected chi connectivity index (χ0v) is 73.7. The number of hydrogen-bond donors (Lipinski definition) is 15. The Balaban J connectivity index is 1.36. The molecule has 4 aromatic carbocycles. The highest BCUT2D eigenvalue weighted by Crippen LogP contribution is 2.28. The number of amides is 15. The maximum absolute atomic E-state index is 15.6. The SMILES string of the molecule is CCCC[C@H]1C(=O)N2CCC[C@@H]2C(=O)N[C@@H](CC(=O)O)C(=O)N[C@H](C(C)C)C(=O)N(C)[C@@H](Cc2ccccc2)C(=O)N[C@@H](CCC(=O)O)C(=O)N2CCCC[C@@H]2C(=O)N[C@H](CCC(=O)O)C(=O)N[C@H](Cc2ccc(O)cc2)C(=O)N[C@@H](CCCN)C(=O)N[C@H](C(=O)NCC(N)=O)CSCC(=O)N[C@@H](Cc2cc(F)c(F)c(F)c2)C(=O)N(C)[C@@H](Cc2ccc(F)cc2)C(=O)N1C. The van der Waals surface area contributed by atoms with E-state index in [1.54, 1.807) is 37.3 Å². The van der Waals surface area contributed by atoms with Crippen molar-refractivity contribution in [3.63, 3.8) is 0 Å². The van der Waals surface area contributed by atoms with Gasteiger partial charge < -0.3 is 104 Å². The van der Waals surface area contributed by atoms with Crippen molar-refractivity contribution >= 4 is 118 Å². The first-order valence-corrected chi connectivity index (χ1v) is 43.8. The molecule has 0 radical (unpaired) electrons. The highest BCUT2D eigenvalue weighted by atomic mass is 32.2. The minimum Gasteiger partial charge on any atom is -0.508 e. The Hall–Kier alpha value is -12.8. The number of rotatable bonds is 26. The Morgan fingerprint density at radius 1 is 0.492 bits per heavy atom. The first-order valence-electron chi connectivity index (χ1n) is 42.6. The summed E-state index contributed by atoms with van der Waals surface area (Å²) < 4.78 is 59.6. The van der Waals surface area contributed by atoms with Crippen LogP contribution in [0.4, 0.5) is 17.6 Å². The van der Waals surface area contributed by atoms with E-state index in [1.165, 1.54) is 64.3 Å².